The van der Waals surface area contributed by atoms with E-state index in [1.165, 1.54) is 8.61 Å². The summed E-state index contributed by atoms with van der Waals surface area (Å²) in [6, 6.07) is 0. The monoisotopic (exact) mass is 220 g/mol. The van der Waals surface area contributed by atoms with Crippen molar-refractivity contribution in [2.45, 2.75) is 5.25 Å². The summed E-state index contributed by atoms with van der Waals surface area (Å²) in [5, 5.41) is 0.213. The van der Waals surface area contributed by atoms with Crippen LogP contribution >= 0.6 is 12.6 Å². The van der Waals surface area contributed by atoms with E-state index in [9.17, 15) is 8.42 Å². The van der Waals surface area contributed by atoms with Gasteiger partial charge in [-0.3, -0.25) is 0 Å². The highest BCUT2D eigenvalue weighted by molar-refractivity contribution is 7.87. The summed E-state index contributed by atoms with van der Waals surface area (Å²) in [7, 11) is -3.18. The van der Waals surface area contributed by atoms with Crippen LogP contribution in [0.5, 0.6) is 0 Å². The number of hydrogen-bond donors (Lipinski definition) is 1. The Morgan fingerprint density at radius 3 is 2.15 bits per heavy atom. The Morgan fingerprint density at radius 1 is 1.15 bits per heavy atom. The molecule has 0 N–H and O–H groups in total. The van der Waals surface area contributed by atoms with Gasteiger partial charge in [0.2, 0.25) is 0 Å². The van der Waals surface area contributed by atoms with Crippen molar-refractivity contribution in [2.75, 3.05) is 26.2 Å². The summed E-state index contributed by atoms with van der Waals surface area (Å²) < 4.78 is 26.4. The molecule has 2 aliphatic rings. The standard InChI is InChI=1S/C7H12N2O2S2/c10-13(11,8-3-1-2-4-8)9-5-7(12)6-9/h1-2,7,12H,3-6H2. The molecule has 1 saturated heterocycles. The summed E-state index contributed by atoms with van der Waals surface area (Å²) in [6.07, 6.45) is 3.74. The van der Waals surface area contributed by atoms with Gasteiger partial charge in [0.15, 0.2) is 0 Å². The molecule has 2 rings (SSSR count). The van der Waals surface area contributed by atoms with E-state index in [1.807, 2.05) is 12.2 Å². The minimum Gasteiger partial charge on any atom is -0.195 e. The highest BCUT2D eigenvalue weighted by Crippen LogP contribution is 2.21. The Labute approximate surface area is 83.8 Å². The van der Waals surface area contributed by atoms with Crippen molar-refractivity contribution in [3.05, 3.63) is 12.2 Å². The maximum absolute atomic E-state index is 11.7. The van der Waals surface area contributed by atoms with Crippen molar-refractivity contribution in [1.29, 1.82) is 0 Å². The van der Waals surface area contributed by atoms with Gasteiger partial charge in [0.25, 0.3) is 10.2 Å². The van der Waals surface area contributed by atoms with Crippen LogP contribution in [-0.2, 0) is 10.2 Å². The van der Waals surface area contributed by atoms with Gasteiger partial charge in [-0.05, 0) is 0 Å². The van der Waals surface area contributed by atoms with Crippen molar-refractivity contribution in [1.82, 2.24) is 8.61 Å². The molecule has 4 nitrogen and oxygen atoms in total. The Balaban J connectivity index is 2.04. The molecule has 0 atom stereocenters. The lowest BCUT2D eigenvalue weighted by molar-refractivity contribution is 0.294. The van der Waals surface area contributed by atoms with Crippen LogP contribution in [0.2, 0.25) is 0 Å². The molecule has 0 spiro atoms. The van der Waals surface area contributed by atoms with E-state index in [2.05, 4.69) is 12.6 Å². The van der Waals surface area contributed by atoms with Gasteiger partial charge >= 0.3 is 0 Å². The zero-order chi connectivity index (χ0) is 9.47. The van der Waals surface area contributed by atoms with Crippen molar-refractivity contribution >= 4 is 22.8 Å². The summed E-state index contributed by atoms with van der Waals surface area (Å²) >= 11 is 4.18. The van der Waals surface area contributed by atoms with Crippen molar-refractivity contribution < 1.29 is 8.42 Å². The summed E-state index contributed by atoms with van der Waals surface area (Å²) in [6.45, 7) is 2.11. The summed E-state index contributed by atoms with van der Waals surface area (Å²) in [4.78, 5) is 0. The van der Waals surface area contributed by atoms with E-state index in [-0.39, 0.29) is 5.25 Å². The fraction of sp³-hybridized carbons (Fsp3) is 0.714. The Morgan fingerprint density at radius 2 is 1.69 bits per heavy atom. The van der Waals surface area contributed by atoms with Crippen LogP contribution in [0.15, 0.2) is 12.2 Å². The number of nitrogens with zero attached hydrogens (tertiary/aromatic N) is 2. The Kier molecular flexibility index (Phi) is 2.39. The van der Waals surface area contributed by atoms with Gasteiger partial charge < -0.3 is 0 Å². The third kappa shape index (κ3) is 1.63. The van der Waals surface area contributed by atoms with Gasteiger partial charge in [-0.1, -0.05) is 12.2 Å². The molecule has 13 heavy (non-hydrogen) atoms. The van der Waals surface area contributed by atoms with E-state index in [0.717, 1.165) is 0 Å². The van der Waals surface area contributed by atoms with Crippen LogP contribution < -0.4 is 0 Å². The van der Waals surface area contributed by atoms with Crippen molar-refractivity contribution in [3.8, 4) is 0 Å². The largest absolute Gasteiger partial charge is 0.282 e. The molecule has 2 heterocycles. The Hall–Kier alpha value is -0.0400. The normalized spacial score (nSPS) is 26.5. The zero-order valence-corrected chi connectivity index (χ0v) is 8.84. The van der Waals surface area contributed by atoms with Gasteiger partial charge in [0.1, 0.15) is 0 Å². The predicted molar refractivity (Wildman–Crippen MR) is 54.0 cm³/mol. The first-order valence-corrected chi connectivity index (χ1v) is 6.10. The topological polar surface area (TPSA) is 40.6 Å². The lowest BCUT2D eigenvalue weighted by Crippen LogP contribution is -2.55. The van der Waals surface area contributed by atoms with Crippen LogP contribution in [-0.4, -0.2) is 48.5 Å². The fourth-order valence-electron chi connectivity index (χ4n) is 1.42. The first-order chi connectivity index (χ1) is 6.10. The molecule has 2 aliphatic heterocycles. The number of hydrogen-bond acceptors (Lipinski definition) is 3. The third-order valence-electron chi connectivity index (χ3n) is 2.27. The molecular formula is C7H12N2O2S2. The van der Waals surface area contributed by atoms with Crippen molar-refractivity contribution in [3.63, 3.8) is 0 Å². The molecule has 0 unspecified atom stereocenters. The molecule has 74 valence electrons. The molecule has 0 radical (unpaired) electrons. The minimum atomic E-state index is -3.18. The third-order valence-corrected chi connectivity index (χ3v) is 4.49. The molecular weight excluding hydrogens is 208 g/mol. The zero-order valence-electron chi connectivity index (χ0n) is 7.13. The predicted octanol–water partition coefficient (Wildman–Crippen LogP) is -0.283. The van der Waals surface area contributed by atoms with Gasteiger partial charge in [-0.15, -0.1) is 0 Å². The van der Waals surface area contributed by atoms with Crippen LogP contribution in [0, 0.1) is 0 Å². The first-order valence-electron chi connectivity index (χ1n) is 4.19. The van der Waals surface area contributed by atoms with Gasteiger partial charge in [0.05, 0.1) is 0 Å². The van der Waals surface area contributed by atoms with E-state index < -0.39 is 10.2 Å². The molecule has 1 fully saturated rings. The fourth-order valence-corrected chi connectivity index (χ4v) is 3.64. The highest BCUT2D eigenvalue weighted by Gasteiger charge is 2.37. The van der Waals surface area contributed by atoms with Gasteiger partial charge in [-0.25, -0.2) is 0 Å². The van der Waals surface area contributed by atoms with Crippen molar-refractivity contribution in [2.24, 2.45) is 0 Å². The van der Waals surface area contributed by atoms with Crippen LogP contribution in [0.1, 0.15) is 0 Å². The second kappa shape index (κ2) is 3.27. The lowest BCUT2D eigenvalue weighted by Gasteiger charge is -2.37. The molecule has 0 saturated carbocycles. The minimum absolute atomic E-state index is 0.213. The molecule has 0 amide bonds. The van der Waals surface area contributed by atoms with Gasteiger partial charge in [0, 0.05) is 31.4 Å². The van der Waals surface area contributed by atoms with E-state index >= 15 is 0 Å². The highest BCUT2D eigenvalue weighted by atomic mass is 32.2. The molecule has 0 aliphatic carbocycles. The average Bonchev–Trinajstić information content (AvgIpc) is 2.50. The van der Waals surface area contributed by atoms with E-state index in [4.69, 9.17) is 0 Å². The molecule has 0 aromatic rings. The quantitative estimate of drug-likeness (QED) is 0.513. The smallest absolute Gasteiger partial charge is 0.195 e. The number of rotatable bonds is 2. The van der Waals surface area contributed by atoms with Crippen LogP contribution in [0.4, 0.5) is 0 Å². The molecule has 0 bridgehead atoms. The van der Waals surface area contributed by atoms with E-state index in [1.54, 1.807) is 0 Å². The second-order valence-electron chi connectivity index (χ2n) is 3.27. The van der Waals surface area contributed by atoms with E-state index in [0.29, 0.717) is 26.2 Å². The summed E-state index contributed by atoms with van der Waals surface area (Å²) in [5.74, 6) is 0. The summed E-state index contributed by atoms with van der Waals surface area (Å²) in [5.41, 5.74) is 0. The average molecular weight is 220 g/mol. The lowest BCUT2D eigenvalue weighted by atomic mass is 10.3. The van der Waals surface area contributed by atoms with Crippen LogP contribution in [0.25, 0.3) is 0 Å². The molecule has 6 heteroatoms. The van der Waals surface area contributed by atoms with Crippen LogP contribution in [0.3, 0.4) is 0 Å². The Bertz CT molecular complexity index is 311. The number of thiol groups is 1. The van der Waals surface area contributed by atoms with Gasteiger partial charge in [-0.2, -0.15) is 29.7 Å². The SMILES string of the molecule is O=S(=O)(N1CC=CC1)N1CC(S)C1. The second-order valence-corrected chi connectivity index (χ2v) is 5.93. The first kappa shape index (κ1) is 9.51. The molecule has 0 aromatic carbocycles. The molecule has 0 aromatic heterocycles. The maximum atomic E-state index is 11.7. The maximum Gasteiger partial charge on any atom is 0.282 e.